The third kappa shape index (κ3) is 5.10. The Labute approximate surface area is 253 Å². The second-order valence-corrected chi connectivity index (χ2v) is 12.5. The normalized spacial score (nSPS) is 25.2. The quantitative estimate of drug-likeness (QED) is 0.110. The topological polar surface area (TPSA) is 159 Å². The number of ether oxygens (including phenoxy) is 1. The van der Waals surface area contributed by atoms with Gasteiger partial charge in [0.05, 0.1) is 18.5 Å². The number of fused-ring (bicyclic) bond motifs is 2. The van der Waals surface area contributed by atoms with Gasteiger partial charge in [-0.05, 0) is 16.7 Å². The first-order chi connectivity index (χ1) is 21.5. The average Bonchev–Trinajstić information content (AvgIpc) is 3.64. The van der Waals surface area contributed by atoms with Gasteiger partial charge in [0.1, 0.15) is 30.2 Å². The Hall–Kier alpha value is -4.00. The van der Waals surface area contributed by atoms with E-state index in [0.29, 0.717) is 17.7 Å². The van der Waals surface area contributed by atoms with E-state index in [1.54, 1.807) is 4.57 Å². The zero-order valence-electron chi connectivity index (χ0n) is 23.6. The maximum atomic E-state index is 13.7. The maximum Gasteiger partial charge on any atom is 0.406 e. The van der Waals surface area contributed by atoms with Gasteiger partial charge < -0.3 is 15.6 Å². The second-order valence-electron chi connectivity index (χ2n) is 10.7. The van der Waals surface area contributed by atoms with Gasteiger partial charge >= 0.3 is 7.75 Å². The minimum atomic E-state index is -3.78. The van der Waals surface area contributed by atoms with Crippen molar-refractivity contribution in [2.45, 2.75) is 30.1 Å². The summed E-state index contributed by atoms with van der Waals surface area (Å²) in [5.74, 6) is 0.219. The maximum absolute atomic E-state index is 13.7. The number of hydrogen-bond acceptors (Lipinski definition) is 10. The molecule has 0 bridgehead atoms. The lowest BCUT2D eigenvalue weighted by Gasteiger charge is -2.37. The van der Waals surface area contributed by atoms with Gasteiger partial charge in [0.15, 0.2) is 17.7 Å². The number of benzene rings is 3. The Morgan fingerprint density at radius 1 is 0.909 bits per heavy atom. The molecule has 1 unspecified atom stereocenters. The molecule has 0 amide bonds. The van der Waals surface area contributed by atoms with E-state index in [4.69, 9.17) is 19.5 Å². The second kappa shape index (κ2) is 11.8. The van der Waals surface area contributed by atoms with Crippen LogP contribution >= 0.6 is 7.75 Å². The molecule has 5 aromatic rings. The Morgan fingerprint density at radius 2 is 1.52 bits per heavy atom. The fourth-order valence-electron chi connectivity index (χ4n) is 6.03. The summed E-state index contributed by atoms with van der Waals surface area (Å²) >= 11 is 0. The predicted octanol–water partition coefficient (Wildman–Crippen LogP) is 3.36. The van der Waals surface area contributed by atoms with Gasteiger partial charge in [0, 0.05) is 13.1 Å². The molecule has 4 heterocycles. The smallest absolute Gasteiger partial charge is 0.386 e. The molecule has 2 aromatic heterocycles. The number of hydrogen-bond donors (Lipinski definition) is 4. The van der Waals surface area contributed by atoms with Crippen LogP contribution in [0.15, 0.2) is 104 Å². The molecule has 13 heteroatoms. The van der Waals surface area contributed by atoms with E-state index in [9.17, 15) is 9.67 Å². The van der Waals surface area contributed by atoms with Gasteiger partial charge in [-0.1, -0.05) is 91.0 Å². The number of nitrogens with two attached hydrogens (primary N) is 1. The van der Waals surface area contributed by atoms with Gasteiger partial charge in [0.2, 0.25) is 0 Å². The van der Waals surface area contributed by atoms with Crippen LogP contribution in [0.25, 0.3) is 11.2 Å². The van der Waals surface area contributed by atoms with Crippen molar-refractivity contribution in [2.24, 2.45) is 0 Å². The van der Waals surface area contributed by atoms with Crippen molar-refractivity contribution in [2.75, 3.05) is 25.4 Å². The Morgan fingerprint density at radius 3 is 2.14 bits per heavy atom. The lowest BCUT2D eigenvalue weighted by Crippen LogP contribution is -2.47. The minimum absolute atomic E-state index is 0.0261. The van der Waals surface area contributed by atoms with Crippen molar-refractivity contribution in [3.05, 3.63) is 120 Å². The molecule has 0 spiro atoms. The number of rotatable bonds is 9. The molecule has 5 atom stereocenters. The molecule has 5 N–H and O–H groups in total. The zero-order chi connectivity index (χ0) is 30.1. The van der Waals surface area contributed by atoms with Crippen molar-refractivity contribution >= 4 is 24.7 Å². The molecular weight excluding hydrogens is 581 g/mol. The minimum Gasteiger partial charge on any atom is -0.386 e. The van der Waals surface area contributed by atoms with Gasteiger partial charge in [-0.15, -0.1) is 0 Å². The average molecular weight is 614 g/mol. The zero-order valence-corrected chi connectivity index (χ0v) is 24.5. The number of nitrogen functional groups attached to an aromatic ring is 1. The Balaban J connectivity index is 1.07. The van der Waals surface area contributed by atoms with Crippen molar-refractivity contribution in [1.29, 1.82) is 0 Å². The number of nitrogens with one attached hydrogen (secondary N) is 2. The third-order valence-corrected chi connectivity index (χ3v) is 9.70. The van der Waals surface area contributed by atoms with Gasteiger partial charge in [0.25, 0.3) is 0 Å². The lowest BCUT2D eigenvalue weighted by atomic mass is 9.77. The SMILES string of the molecule is Nc1ncnc2c1ncn2[C@@H]1O[C@@H]2COP(=O)(NCCNC(c3ccccc3)(c3ccccc3)c3ccccc3)O[C@H]2[C@H]1O. The molecule has 0 aliphatic carbocycles. The van der Waals surface area contributed by atoms with Crippen LogP contribution in [0.5, 0.6) is 0 Å². The number of aliphatic hydroxyl groups excluding tert-OH is 1. The molecule has 12 nitrogen and oxygen atoms in total. The third-order valence-electron chi connectivity index (χ3n) is 8.08. The molecule has 2 aliphatic rings. The first-order valence-corrected chi connectivity index (χ1v) is 15.9. The fraction of sp³-hybridized carbons (Fsp3) is 0.258. The van der Waals surface area contributed by atoms with Crippen LogP contribution in [0.3, 0.4) is 0 Å². The van der Waals surface area contributed by atoms with Crippen LogP contribution < -0.4 is 16.1 Å². The predicted molar refractivity (Wildman–Crippen MR) is 163 cm³/mol. The van der Waals surface area contributed by atoms with Gasteiger partial charge in [-0.25, -0.2) is 24.6 Å². The van der Waals surface area contributed by atoms with Crippen molar-refractivity contribution in [1.82, 2.24) is 29.9 Å². The molecule has 2 aliphatic heterocycles. The van der Waals surface area contributed by atoms with E-state index in [-0.39, 0.29) is 19.0 Å². The van der Waals surface area contributed by atoms with Crippen molar-refractivity contribution < 1.29 is 23.5 Å². The van der Waals surface area contributed by atoms with E-state index in [1.807, 2.05) is 54.6 Å². The summed E-state index contributed by atoms with van der Waals surface area (Å²) in [5, 5.41) is 17.9. The van der Waals surface area contributed by atoms with Gasteiger partial charge in [-0.2, -0.15) is 0 Å². The highest BCUT2D eigenvalue weighted by Crippen LogP contribution is 2.52. The molecule has 2 saturated heterocycles. The summed E-state index contributed by atoms with van der Waals surface area (Å²) in [7, 11) is -3.78. The number of nitrogens with zero attached hydrogens (tertiary/aromatic N) is 4. The highest BCUT2D eigenvalue weighted by molar-refractivity contribution is 7.51. The van der Waals surface area contributed by atoms with E-state index < -0.39 is 37.8 Å². The first-order valence-electron chi connectivity index (χ1n) is 14.3. The molecule has 2 fully saturated rings. The number of imidazole rings is 1. The van der Waals surface area contributed by atoms with Crippen LogP contribution in [0.4, 0.5) is 5.82 Å². The fourth-order valence-corrected chi connectivity index (χ4v) is 7.57. The summed E-state index contributed by atoms with van der Waals surface area (Å²) < 4.78 is 32.9. The van der Waals surface area contributed by atoms with Crippen LogP contribution in [0.1, 0.15) is 22.9 Å². The summed E-state index contributed by atoms with van der Waals surface area (Å²) in [6, 6.07) is 30.7. The molecule has 7 rings (SSSR count). The number of anilines is 1. The number of aliphatic hydroxyl groups is 1. The van der Waals surface area contributed by atoms with Crippen molar-refractivity contribution in [3.63, 3.8) is 0 Å². The van der Waals surface area contributed by atoms with Crippen LogP contribution in [-0.2, 0) is 23.9 Å². The highest BCUT2D eigenvalue weighted by Gasteiger charge is 2.53. The summed E-state index contributed by atoms with van der Waals surface area (Å²) in [6.45, 7) is 0.640. The number of aromatic nitrogens is 4. The van der Waals surface area contributed by atoms with E-state index in [1.165, 1.54) is 12.7 Å². The molecule has 226 valence electrons. The Kier molecular flexibility index (Phi) is 7.73. The Bertz CT molecular complexity index is 1680. The van der Waals surface area contributed by atoms with Crippen LogP contribution in [0.2, 0.25) is 0 Å². The van der Waals surface area contributed by atoms with E-state index in [2.05, 4.69) is 61.8 Å². The largest absolute Gasteiger partial charge is 0.406 e. The van der Waals surface area contributed by atoms with Gasteiger partial charge in [-0.3, -0.25) is 18.9 Å². The van der Waals surface area contributed by atoms with Crippen molar-refractivity contribution in [3.8, 4) is 0 Å². The molecule has 44 heavy (non-hydrogen) atoms. The molecule has 0 saturated carbocycles. The summed E-state index contributed by atoms with van der Waals surface area (Å²) in [4.78, 5) is 12.4. The molecule has 0 radical (unpaired) electrons. The summed E-state index contributed by atoms with van der Waals surface area (Å²) in [6.07, 6.45) is -0.789. The highest BCUT2D eigenvalue weighted by atomic mass is 31.2. The molecule has 3 aromatic carbocycles. The van der Waals surface area contributed by atoms with E-state index >= 15 is 0 Å². The van der Waals surface area contributed by atoms with Crippen LogP contribution in [-0.4, -0.2) is 62.6 Å². The first kappa shape index (κ1) is 28.8. The molecular formula is C31H32N7O5P. The standard InChI is InChI=1S/C31H32N7O5P/c32-28-25-29(34-19-33-28)38(20-35-25)30-26(39)27-24(42-30)18-41-44(40,43-27)37-17-16-36-31(21-10-4-1-5-11-21,22-12-6-2-7-13-22)23-14-8-3-9-15-23/h1-15,19-20,24,26-27,30,36,39H,16-18H2,(H,37,40)(H2,32,33,34)/t24-,26-,27-,30-,44?/m1/s1. The summed E-state index contributed by atoms with van der Waals surface area (Å²) in [5.41, 5.74) is 9.23. The lowest BCUT2D eigenvalue weighted by molar-refractivity contribution is -0.0595. The van der Waals surface area contributed by atoms with E-state index in [0.717, 1.165) is 16.7 Å². The monoisotopic (exact) mass is 613 g/mol. The van der Waals surface area contributed by atoms with Crippen LogP contribution in [0, 0.1) is 0 Å².